The third kappa shape index (κ3) is 4.76. The van der Waals surface area contributed by atoms with E-state index < -0.39 is 0 Å². The first-order chi connectivity index (χ1) is 9.65. The molecule has 20 heavy (non-hydrogen) atoms. The molecule has 6 heteroatoms. The lowest BCUT2D eigenvalue weighted by molar-refractivity contribution is -0.125. The van der Waals surface area contributed by atoms with Crippen molar-refractivity contribution in [2.24, 2.45) is 0 Å². The molecule has 0 unspecified atom stereocenters. The van der Waals surface area contributed by atoms with E-state index in [1.165, 1.54) is 6.92 Å². The zero-order chi connectivity index (χ0) is 14.4. The van der Waals surface area contributed by atoms with Gasteiger partial charge in [-0.25, -0.2) is 0 Å². The van der Waals surface area contributed by atoms with E-state index in [-0.39, 0.29) is 24.4 Å². The summed E-state index contributed by atoms with van der Waals surface area (Å²) in [5.74, 6) is -0.265. The minimum absolute atomic E-state index is 0.0789. The molecule has 2 aliphatic rings. The lowest BCUT2D eigenvalue weighted by Gasteiger charge is -2.39. The lowest BCUT2D eigenvalue weighted by Crippen LogP contribution is -2.50. The van der Waals surface area contributed by atoms with Gasteiger partial charge in [0, 0.05) is 45.3 Å². The second-order valence-corrected chi connectivity index (χ2v) is 5.63. The molecule has 0 bridgehead atoms. The molecule has 0 aromatic heterocycles. The van der Waals surface area contributed by atoms with Gasteiger partial charge in [-0.15, -0.1) is 0 Å². The van der Waals surface area contributed by atoms with Crippen molar-refractivity contribution in [1.29, 1.82) is 0 Å². The maximum absolute atomic E-state index is 11.6. The second-order valence-electron chi connectivity index (χ2n) is 5.63. The van der Waals surface area contributed by atoms with Gasteiger partial charge in [-0.2, -0.15) is 0 Å². The molecule has 0 atom stereocenters. The minimum Gasteiger partial charge on any atom is -0.381 e. The highest BCUT2D eigenvalue weighted by Gasteiger charge is 2.26. The summed E-state index contributed by atoms with van der Waals surface area (Å²) in [6.45, 7) is 5.32. The first-order valence-electron chi connectivity index (χ1n) is 7.51. The third-order valence-corrected chi connectivity index (χ3v) is 4.10. The lowest BCUT2D eigenvalue weighted by atomic mass is 9.99. The summed E-state index contributed by atoms with van der Waals surface area (Å²) in [5, 5.41) is 5.51. The van der Waals surface area contributed by atoms with Crippen molar-refractivity contribution in [3.05, 3.63) is 0 Å². The van der Waals surface area contributed by atoms with Crippen LogP contribution in [-0.2, 0) is 14.3 Å². The summed E-state index contributed by atoms with van der Waals surface area (Å²) in [4.78, 5) is 24.9. The van der Waals surface area contributed by atoms with Crippen LogP contribution in [0.15, 0.2) is 0 Å². The average molecular weight is 283 g/mol. The minimum atomic E-state index is -0.172. The molecule has 0 aromatic carbocycles. The number of nitrogens with zero attached hydrogens (tertiary/aromatic N) is 1. The summed E-state index contributed by atoms with van der Waals surface area (Å²) in [6.07, 6.45) is 4.23. The fraction of sp³-hybridized carbons (Fsp3) is 0.857. The average Bonchev–Trinajstić information content (AvgIpc) is 2.47. The molecule has 0 saturated carbocycles. The van der Waals surface area contributed by atoms with Crippen molar-refractivity contribution in [2.45, 2.75) is 44.7 Å². The maximum atomic E-state index is 11.6. The SMILES string of the molecule is CC(=O)NCC(=O)NC1CCN(C2CCOCC2)CC1. The molecule has 0 spiro atoms. The summed E-state index contributed by atoms with van der Waals surface area (Å²) in [6, 6.07) is 0.895. The molecule has 0 aliphatic carbocycles. The van der Waals surface area contributed by atoms with Crippen LogP contribution in [0.5, 0.6) is 0 Å². The van der Waals surface area contributed by atoms with E-state index in [4.69, 9.17) is 4.74 Å². The number of carbonyl (C=O) groups excluding carboxylic acids is 2. The monoisotopic (exact) mass is 283 g/mol. The van der Waals surface area contributed by atoms with Crippen molar-refractivity contribution in [3.63, 3.8) is 0 Å². The Morgan fingerprint density at radius 3 is 2.40 bits per heavy atom. The fourth-order valence-corrected chi connectivity index (χ4v) is 2.94. The summed E-state index contributed by atoms with van der Waals surface area (Å²) < 4.78 is 5.39. The molecular formula is C14H25N3O3. The summed E-state index contributed by atoms with van der Waals surface area (Å²) in [7, 11) is 0. The quantitative estimate of drug-likeness (QED) is 0.755. The first-order valence-corrected chi connectivity index (χ1v) is 7.51. The van der Waals surface area contributed by atoms with Gasteiger partial charge in [-0.3, -0.25) is 9.59 Å². The van der Waals surface area contributed by atoms with E-state index >= 15 is 0 Å². The number of carbonyl (C=O) groups is 2. The highest BCUT2D eigenvalue weighted by Crippen LogP contribution is 2.19. The van der Waals surface area contributed by atoms with Gasteiger partial charge in [-0.1, -0.05) is 0 Å². The molecule has 2 saturated heterocycles. The van der Waals surface area contributed by atoms with Crippen molar-refractivity contribution < 1.29 is 14.3 Å². The number of piperidine rings is 1. The van der Waals surface area contributed by atoms with Crippen molar-refractivity contribution in [1.82, 2.24) is 15.5 Å². The highest BCUT2D eigenvalue weighted by molar-refractivity contribution is 5.83. The summed E-state index contributed by atoms with van der Waals surface area (Å²) in [5.41, 5.74) is 0. The molecule has 2 amide bonds. The Balaban J connectivity index is 1.65. The van der Waals surface area contributed by atoms with Gasteiger partial charge in [0.2, 0.25) is 11.8 Å². The summed E-state index contributed by atoms with van der Waals surface area (Å²) >= 11 is 0. The van der Waals surface area contributed by atoms with Crippen molar-refractivity contribution in [2.75, 3.05) is 32.8 Å². The molecule has 2 aliphatic heterocycles. The molecular weight excluding hydrogens is 258 g/mol. The topological polar surface area (TPSA) is 70.7 Å². The van der Waals surface area contributed by atoms with Gasteiger partial charge in [0.1, 0.15) is 0 Å². The molecule has 2 N–H and O–H groups in total. The van der Waals surface area contributed by atoms with Crippen LogP contribution in [0.1, 0.15) is 32.6 Å². The van der Waals surface area contributed by atoms with Crippen LogP contribution < -0.4 is 10.6 Å². The Bertz CT molecular complexity index is 335. The van der Waals surface area contributed by atoms with Crippen LogP contribution in [0.25, 0.3) is 0 Å². The second kappa shape index (κ2) is 7.59. The Hall–Kier alpha value is -1.14. The molecule has 6 nitrogen and oxygen atoms in total. The van der Waals surface area contributed by atoms with Gasteiger partial charge in [0.05, 0.1) is 6.54 Å². The van der Waals surface area contributed by atoms with Crippen LogP contribution in [0.3, 0.4) is 0 Å². The molecule has 2 rings (SSSR count). The van der Waals surface area contributed by atoms with E-state index in [1.54, 1.807) is 0 Å². The molecule has 0 radical (unpaired) electrons. The normalized spacial score (nSPS) is 22.4. The third-order valence-electron chi connectivity index (χ3n) is 4.10. The number of likely N-dealkylation sites (tertiary alicyclic amines) is 1. The van der Waals surface area contributed by atoms with Crippen molar-refractivity contribution >= 4 is 11.8 Å². The van der Waals surface area contributed by atoms with E-state index in [9.17, 15) is 9.59 Å². The number of amides is 2. The number of ether oxygens (including phenoxy) is 1. The first kappa shape index (κ1) is 15.3. The smallest absolute Gasteiger partial charge is 0.239 e. The molecule has 2 heterocycles. The number of nitrogens with one attached hydrogen (secondary N) is 2. The predicted octanol–water partition coefficient (Wildman–Crippen LogP) is -0.118. The van der Waals surface area contributed by atoms with Gasteiger partial charge < -0.3 is 20.3 Å². The van der Waals surface area contributed by atoms with Crippen LogP contribution in [0.4, 0.5) is 0 Å². The van der Waals surface area contributed by atoms with E-state index in [0.717, 1.165) is 52.0 Å². The standard InChI is InChI=1S/C14H25N3O3/c1-11(18)15-10-14(19)16-12-2-6-17(7-3-12)13-4-8-20-9-5-13/h12-13H,2-10H2,1H3,(H,15,18)(H,16,19). The Morgan fingerprint density at radius 2 is 1.80 bits per heavy atom. The van der Waals surface area contributed by atoms with Crippen LogP contribution >= 0.6 is 0 Å². The largest absolute Gasteiger partial charge is 0.381 e. The van der Waals surface area contributed by atoms with Crippen LogP contribution in [-0.4, -0.2) is 61.6 Å². The van der Waals surface area contributed by atoms with Gasteiger partial charge >= 0.3 is 0 Å². The highest BCUT2D eigenvalue weighted by atomic mass is 16.5. The Morgan fingerprint density at radius 1 is 1.15 bits per heavy atom. The van der Waals surface area contributed by atoms with E-state index in [0.29, 0.717) is 6.04 Å². The number of hydrogen-bond acceptors (Lipinski definition) is 4. The zero-order valence-corrected chi connectivity index (χ0v) is 12.2. The predicted molar refractivity (Wildman–Crippen MR) is 75.3 cm³/mol. The number of hydrogen-bond donors (Lipinski definition) is 2. The fourth-order valence-electron chi connectivity index (χ4n) is 2.94. The number of rotatable bonds is 4. The van der Waals surface area contributed by atoms with Gasteiger partial charge in [-0.05, 0) is 25.7 Å². The Kier molecular flexibility index (Phi) is 5.79. The van der Waals surface area contributed by atoms with E-state index in [2.05, 4.69) is 15.5 Å². The zero-order valence-electron chi connectivity index (χ0n) is 12.2. The van der Waals surface area contributed by atoms with Crippen molar-refractivity contribution in [3.8, 4) is 0 Å². The Labute approximate surface area is 120 Å². The maximum Gasteiger partial charge on any atom is 0.239 e. The van der Waals surface area contributed by atoms with Gasteiger partial charge in [0.15, 0.2) is 0 Å². The molecule has 114 valence electrons. The van der Waals surface area contributed by atoms with Crippen LogP contribution in [0, 0.1) is 0 Å². The van der Waals surface area contributed by atoms with E-state index in [1.807, 2.05) is 0 Å². The van der Waals surface area contributed by atoms with Gasteiger partial charge in [0.25, 0.3) is 0 Å². The molecule has 2 fully saturated rings. The van der Waals surface area contributed by atoms with Crippen LogP contribution in [0.2, 0.25) is 0 Å². The molecule has 0 aromatic rings.